The third-order valence-electron chi connectivity index (χ3n) is 3.40. The van der Waals surface area contributed by atoms with Crippen LogP contribution in [0.3, 0.4) is 0 Å². The van der Waals surface area contributed by atoms with Gasteiger partial charge in [0.2, 0.25) is 0 Å². The summed E-state index contributed by atoms with van der Waals surface area (Å²) < 4.78 is 32.0. The minimum Gasteiger partial charge on any atom is -0.363 e. The molecule has 0 radical (unpaired) electrons. The molecule has 2 heterocycles. The maximum absolute atomic E-state index is 12.4. The van der Waals surface area contributed by atoms with Crippen LogP contribution in [0.15, 0.2) is 34.0 Å². The summed E-state index contributed by atoms with van der Waals surface area (Å²) in [5.74, 6) is 0. The highest BCUT2D eigenvalue weighted by molar-refractivity contribution is 7.92. The van der Waals surface area contributed by atoms with Crippen molar-refractivity contribution >= 4 is 26.6 Å². The molecular weight excluding hydrogens is 304 g/mol. The molecule has 112 valence electrons. The van der Waals surface area contributed by atoms with Gasteiger partial charge in [0.25, 0.3) is 10.0 Å². The van der Waals surface area contributed by atoms with Crippen molar-refractivity contribution in [3.05, 3.63) is 41.4 Å². The molecule has 0 saturated carbocycles. The average molecular weight is 316 g/mol. The standard InChI is InChI=1S/C14H12N4O3S/c1-8-3-4-11(14-13(8)10(5-15)6-16-14)18-22(19,20)12-7-21-17-9(12)2/h3-4,6-7,16,18H,1-2H3. The molecule has 0 amide bonds. The number of H-pyrrole nitrogens is 1. The first-order chi connectivity index (χ1) is 10.4. The molecule has 0 aliphatic rings. The lowest BCUT2D eigenvalue weighted by Gasteiger charge is -2.09. The predicted molar refractivity (Wildman–Crippen MR) is 79.8 cm³/mol. The summed E-state index contributed by atoms with van der Waals surface area (Å²) in [5, 5.41) is 13.4. The van der Waals surface area contributed by atoms with Crippen LogP contribution in [0.5, 0.6) is 0 Å². The first-order valence-corrected chi connectivity index (χ1v) is 7.87. The maximum atomic E-state index is 12.4. The number of nitrogens with zero attached hydrogens (tertiary/aromatic N) is 2. The predicted octanol–water partition coefficient (Wildman–Crippen LogP) is 2.45. The van der Waals surface area contributed by atoms with Crippen LogP contribution in [0.1, 0.15) is 16.8 Å². The summed E-state index contributed by atoms with van der Waals surface area (Å²) in [7, 11) is -3.81. The Morgan fingerprint density at radius 2 is 2.14 bits per heavy atom. The molecule has 3 aromatic rings. The number of hydrogen-bond donors (Lipinski definition) is 2. The zero-order valence-corrected chi connectivity index (χ0v) is 12.7. The van der Waals surface area contributed by atoms with Gasteiger partial charge in [-0.3, -0.25) is 4.72 Å². The van der Waals surface area contributed by atoms with Crippen LogP contribution in [0, 0.1) is 25.2 Å². The van der Waals surface area contributed by atoms with Crippen molar-refractivity contribution < 1.29 is 12.9 Å². The van der Waals surface area contributed by atoms with Crippen LogP contribution >= 0.6 is 0 Å². The molecule has 0 atom stereocenters. The van der Waals surface area contributed by atoms with Gasteiger partial charge in [-0.25, -0.2) is 8.42 Å². The molecular formula is C14H12N4O3S. The molecule has 0 aliphatic heterocycles. The Hall–Kier alpha value is -2.79. The molecule has 0 spiro atoms. The smallest absolute Gasteiger partial charge is 0.267 e. The first kappa shape index (κ1) is 14.2. The van der Waals surface area contributed by atoms with E-state index in [2.05, 4.69) is 25.5 Å². The molecule has 2 aromatic heterocycles. The van der Waals surface area contributed by atoms with E-state index in [9.17, 15) is 8.42 Å². The van der Waals surface area contributed by atoms with E-state index in [0.29, 0.717) is 22.2 Å². The summed E-state index contributed by atoms with van der Waals surface area (Å²) in [6.45, 7) is 3.41. The summed E-state index contributed by atoms with van der Waals surface area (Å²) >= 11 is 0. The van der Waals surface area contributed by atoms with Crippen LogP contribution in [0.2, 0.25) is 0 Å². The fourth-order valence-electron chi connectivity index (χ4n) is 2.33. The van der Waals surface area contributed by atoms with Crippen LogP contribution in [-0.4, -0.2) is 18.6 Å². The zero-order chi connectivity index (χ0) is 15.9. The highest BCUT2D eigenvalue weighted by atomic mass is 32.2. The molecule has 1 aromatic carbocycles. The fourth-order valence-corrected chi connectivity index (χ4v) is 3.50. The lowest BCUT2D eigenvalue weighted by Crippen LogP contribution is -2.13. The number of aryl methyl sites for hydroxylation is 2. The van der Waals surface area contributed by atoms with Gasteiger partial charge >= 0.3 is 0 Å². The van der Waals surface area contributed by atoms with Gasteiger partial charge < -0.3 is 9.51 Å². The van der Waals surface area contributed by atoms with E-state index in [4.69, 9.17) is 5.26 Å². The molecule has 7 nitrogen and oxygen atoms in total. The van der Waals surface area contributed by atoms with Gasteiger partial charge in [0, 0.05) is 11.6 Å². The van der Waals surface area contributed by atoms with E-state index in [0.717, 1.165) is 11.8 Å². The van der Waals surface area contributed by atoms with E-state index in [-0.39, 0.29) is 10.6 Å². The minimum atomic E-state index is -3.81. The van der Waals surface area contributed by atoms with Gasteiger partial charge in [-0.15, -0.1) is 0 Å². The van der Waals surface area contributed by atoms with Crippen molar-refractivity contribution in [2.45, 2.75) is 18.7 Å². The average Bonchev–Trinajstić information content (AvgIpc) is 3.08. The van der Waals surface area contributed by atoms with Crippen molar-refractivity contribution in [3.8, 4) is 6.07 Å². The number of aromatic nitrogens is 2. The topological polar surface area (TPSA) is 112 Å². The summed E-state index contributed by atoms with van der Waals surface area (Å²) in [6, 6.07) is 5.49. The Kier molecular flexibility index (Phi) is 3.15. The molecule has 0 saturated heterocycles. The van der Waals surface area contributed by atoms with E-state index in [1.807, 2.05) is 6.92 Å². The zero-order valence-electron chi connectivity index (χ0n) is 11.8. The van der Waals surface area contributed by atoms with E-state index in [1.54, 1.807) is 25.3 Å². The Morgan fingerprint density at radius 1 is 1.36 bits per heavy atom. The van der Waals surface area contributed by atoms with Gasteiger partial charge in [-0.2, -0.15) is 5.26 Å². The van der Waals surface area contributed by atoms with Crippen molar-refractivity contribution in [1.82, 2.24) is 10.1 Å². The van der Waals surface area contributed by atoms with Crippen molar-refractivity contribution in [2.24, 2.45) is 0 Å². The van der Waals surface area contributed by atoms with Gasteiger partial charge in [0.05, 0.1) is 16.8 Å². The van der Waals surface area contributed by atoms with Crippen molar-refractivity contribution in [1.29, 1.82) is 5.26 Å². The highest BCUT2D eigenvalue weighted by Gasteiger charge is 2.22. The molecule has 22 heavy (non-hydrogen) atoms. The van der Waals surface area contributed by atoms with Crippen LogP contribution in [0.4, 0.5) is 5.69 Å². The number of anilines is 1. The fraction of sp³-hybridized carbons (Fsp3) is 0.143. The van der Waals surface area contributed by atoms with Crippen LogP contribution < -0.4 is 4.72 Å². The monoisotopic (exact) mass is 316 g/mol. The minimum absolute atomic E-state index is 0.0201. The highest BCUT2D eigenvalue weighted by Crippen LogP contribution is 2.30. The summed E-state index contributed by atoms with van der Waals surface area (Å²) in [6.07, 6.45) is 2.64. The molecule has 0 bridgehead atoms. The van der Waals surface area contributed by atoms with Crippen LogP contribution in [0.25, 0.3) is 10.9 Å². The van der Waals surface area contributed by atoms with Crippen molar-refractivity contribution in [2.75, 3.05) is 4.72 Å². The lowest BCUT2D eigenvalue weighted by molar-refractivity contribution is 0.413. The normalized spacial score (nSPS) is 11.5. The Bertz CT molecular complexity index is 1010. The number of aromatic amines is 1. The molecule has 8 heteroatoms. The van der Waals surface area contributed by atoms with E-state index >= 15 is 0 Å². The van der Waals surface area contributed by atoms with Crippen LogP contribution in [-0.2, 0) is 10.0 Å². The maximum Gasteiger partial charge on any atom is 0.267 e. The Morgan fingerprint density at radius 3 is 2.77 bits per heavy atom. The SMILES string of the molecule is Cc1nocc1S(=O)(=O)Nc1ccc(C)c2c(C#N)c[nH]c12. The summed E-state index contributed by atoms with van der Waals surface area (Å²) in [4.78, 5) is 2.92. The van der Waals surface area contributed by atoms with E-state index < -0.39 is 10.0 Å². The number of sulfonamides is 1. The number of fused-ring (bicyclic) bond motifs is 1. The first-order valence-electron chi connectivity index (χ1n) is 6.38. The number of nitrogens with one attached hydrogen (secondary N) is 2. The second-order valence-electron chi connectivity index (χ2n) is 4.86. The number of benzene rings is 1. The second kappa shape index (κ2) is 4.89. The third kappa shape index (κ3) is 2.12. The molecule has 2 N–H and O–H groups in total. The quantitative estimate of drug-likeness (QED) is 0.770. The Balaban J connectivity index is 2.13. The van der Waals surface area contributed by atoms with Crippen molar-refractivity contribution in [3.63, 3.8) is 0 Å². The second-order valence-corrected chi connectivity index (χ2v) is 6.51. The number of hydrogen-bond acceptors (Lipinski definition) is 5. The molecule has 0 unspecified atom stereocenters. The molecule has 3 rings (SSSR count). The van der Waals surface area contributed by atoms with E-state index in [1.165, 1.54) is 0 Å². The molecule has 0 fully saturated rings. The summed E-state index contributed by atoms with van der Waals surface area (Å²) in [5.41, 5.74) is 2.56. The third-order valence-corrected chi connectivity index (χ3v) is 4.86. The number of nitriles is 1. The number of rotatable bonds is 3. The van der Waals surface area contributed by atoms with Gasteiger partial charge in [-0.1, -0.05) is 11.2 Å². The van der Waals surface area contributed by atoms with Gasteiger partial charge in [0.1, 0.15) is 22.9 Å². The molecule has 0 aliphatic carbocycles. The Labute approximate surface area is 126 Å². The largest absolute Gasteiger partial charge is 0.363 e. The lowest BCUT2D eigenvalue weighted by atomic mass is 10.1. The van der Waals surface area contributed by atoms with Gasteiger partial charge in [0.15, 0.2) is 0 Å². The van der Waals surface area contributed by atoms with Gasteiger partial charge in [-0.05, 0) is 25.5 Å².